The molecule has 0 radical (unpaired) electrons. The van der Waals surface area contributed by atoms with Gasteiger partial charge in [0.25, 0.3) is 0 Å². The van der Waals surface area contributed by atoms with Crippen molar-refractivity contribution in [1.29, 1.82) is 0 Å². The minimum absolute atomic E-state index is 0. The second-order valence-electron chi connectivity index (χ2n) is 4.66. The van der Waals surface area contributed by atoms with Crippen molar-refractivity contribution < 1.29 is 0 Å². The van der Waals surface area contributed by atoms with E-state index in [1.807, 2.05) is 17.6 Å². The summed E-state index contributed by atoms with van der Waals surface area (Å²) in [6.45, 7) is 0. The maximum atomic E-state index is 4.63. The van der Waals surface area contributed by atoms with E-state index in [-0.39, 0.29) is 17.0 Å². The topological polar surface area (TPSA) is 17.3 Å². The zero-order valence-corrected chi connectivity index (χ0v) is 13.7. The van der Waals surface area contributed by atoms with E-state index in [1.165, 1.54) is 11.1 Å². The Morgan fingerprint density at radius 3 is 2.19 bits per heavy atom. The van der Waals surface area contributed by atoms with Crippen LogP contribution in [0.5, 0.6) is 0 Å². The quantitative estimate of drug-likeness (QED) is 0.475. The van der Waals surface area contributed by atoms with Crippen molar-refractivity contribution in [3.05, 3.63) is 72.4 Å². The van der Waals surface area contributed by atoms with Gasteiger partial charge in [-0.2, -0.15) is 0 Å². The zero-order chi connectivity index (χ0) is 13.4. The predicted octanol–water partition coefficient (Wildman–Crippen LogP) is 5.31. The van der Waals surface area contributed by atoms with Crippen LogP contribution in [0, 0.1) is 0 Å². The summed E-state index contributed by atoms with van der Waals surface area (Å²) in [5, 5.41) is 2.05. The number of aromatic nitrogens is 2. The van der Waals surface area contributed by atoms with E-state index in [0.29, 0.717) is 0 Å². The molecule has 2 heterocycles. The molecule has 0 saturated carbocycles. The first-order chi connectivity index (χ1) is 9.90. The number of hydrogen-bond donors (Lipinski definition) is 0. The third kappa shape index (κ3) is 2.64. The summed E-state index contributed by atoms with van der Waals surface area (Å²) >= 11 is 1.65. The SMILES string of the molecule is Br.c1ccc(-c2ccc(-c3cn4ccsc4n3)cc2)cc1. The van der Waals surface area contributed by atoms with E-state index < -0.39 is 0 Å². The molecule has 4 aromatic rings. The lowest BCUT2D eigenvalue weighted by Crippen LogP contribution is -1.80. The largest absolute Gasteiger partial charge is 0.297 e. The number of fused-ring (bicyclic) bond motifs is 1. The number of rotatable bonds is 2. The predicted molar refractivity (Wildman–Crippen MR) is 94.3 cm³/mol. The highest BCUT2D eigenvalue weighted by molar-refractivity contribution is 8.93. The Labute approximate surface area is 137 Å². The van der Waals surface area contributed by atoms with Gasteiger partial charge in [0.2, 0.25) is 0 Å². The van der Waals surface area contributed by atoms with Crippen LogP contribution in [-0.4, -0.2) is 9.38 Å². The molecule has 0 atom stereocenters. The fourth-order valence-electron chi connectivity index (χ4n) is 2.33. The normalized spacial score (nSPS) is 10.5. The number of benzene rings is 2. The summed E-state index contributed by atoms with van der Waals surface area (Å²) in [5.74, 6) is 0. The summed E-state index contributed by atoms with van der Waals surface area (Å²) in [5.41, 5.74) is 4.65. The van der Waals surface area contributed by atoms with Crippen LogP contribution in [0.15, 0.2) is 72.4 Å². The van der Waals surface area contributed by atoms with Crippen LogP contribution in [-0.2, 0) is 0 Å². The van der Waals surface area contributed by atoms with Gasteiger partial charge < -0.3 is 0 Å². The van der Waals surface area contributed by atoms with E-state index in [9.17, 15) is 0 Å². The standard InChI is InChI=1S/C17H12N2S.BrH/c1-2-4-13(5-3-1)14-6-8-15(9-7-14)16-12-19-10-11-20-17(19)18-16;/h1-12H;1H. The fourth-order valence-corrected chi connectivity index (χ4v) is 3.03. The van der Waals surface area contributed by atoms with Gasteiger partial charge in [0.1, 0.15) is 0 Å². The average Bonchev–Trinajstić information content (AvgIpc) is 3.10. The highest BCUT2D eigenvalue weighted by atomic mass is 79.9. The van der Waals surface area contributed by atoms with E-state index in [2.05, 4.69) is 64.1 Å². The average molecular weight is 357 g/mol. The minimum atomic E-state index is 0. The van der Waals surface area contributed by atoms with E-state index in [4.69, 9.17) is 0 Å². The van der Waals surface area contributed by atoms with Crippen molar-refractivity contribution >= 4 is 33.3 Å². The van der Waals surface area contributed by atoms with Gasteiger partial charge in [0.05, 0.1) is 5.69 Å². The first kappa shape index (κ1) is 14.0. The smallest absolute Gasteiger partial charge is 0.194 e. The van der Waals surface area contributed by atoms with Gasteiger partial charge in [-0.15, -0.1) is 28.3 Å². The van der Waals surface area contributed by atoms with E-state index in [1.54, 1.807) is 11.3 Å². The summed E-state index contributed by atoms with van der Waals surface area (Å²) in [7, 11) is 0. The summed E-state index contributed by atoms with van der Waals surface area (Å²) < 4.78 is 2.06. The van der Waals surface area contributed by atoms with Crippen molar-refractivity contribution in [3.8, 4) is 22.4 Å². The third-order valence-electron chi connectivity index (χ3n) is 3.38. The molecule has 0 fully saturated rings. The van der Waals surface area contributed by atoms with Crippen LogP contribution in [0.4, 0.5) is 0 Å². The lowest BCUT2D eigenvalue weighted by atomic mass is 10.0. The first-order valence-electron chi connectivity index (χ1n) is 6.48. The second-order valence-corrected chi connectivity index (χ2v) is 5.54. The lowest BCUT2D eigenvalue weighted by molar-refractivity contribution is 1.23. The summed E-state index contributed by atoms with van der Waals surface area (Å²) in [6, 6.07) is 19.0. The van der Waals surface area contributed by atoms with Gasteiger partial charge >= 0.3 is 0 Å². The minimum Gasteiger partial charge on any atom is -0.297 e. The Kier molecular flexibility index (Phi) is 3.90. The van der Waals surface area contributed by atoms with Crippen molar-refractivity contribution in [3.63, 3.8) is 0 Å². The Morgan fingerprint density at radius 2 is 1.48 bits per heavy atom. The molecule has 21 heavy (non-hydrogen) atoms. The number of thiazole rings is 1. The summed E-state index contributed by atoms with van der Waals surface area (Å²) in [4.78, 5) is 5.66. The molecule has 0 amide bonds. The number of imidazole rings is 1. The molecule has 4 heteroatoms. The molecule has 2 aromatic carbocycles. The van der Waals surface area contributed by atoms with Crippen LogP contribution < -0.4 is 0 Å². The summed E-state index contributed by atoms with van der Waals surface area (Å²) in [6.07, 6.45) is 4.11. The van der Waals surface area contributed by atoms with Crippen LogP contribution in [0.3, 0.4) is 0 Å². The van der Waals surface area contributed by atoms with E-state index >= 15 is 0 Å². The van der Waals surface area contributed by atoms with Crippen molar-refractivity contribution in [2.45, 2.75) is 0 Å². The maximum Gasteiger partial charge on any atom is 0.194 e. The molecule has 0 aliphatic heterocycles. The van der Waals surface area contributed by atoms with Gasteiger partial charge in [-0.3, -0.25) is 4.40 Å². The van der Waals surface area contributed by atoms with Gasteiger partial charge in [-0.05, 0) is 11.1 Å². The second kappa shape index (κ2) is 5.84. The Balaban J connectivity index is 0.00000132. The Morgan fingerprint density at radius 1 is 0.810 bits per heavy atom. The van der Waals surface area contributed by atoms with Gasteiger partial charge in [-0.25, -0.2) is 4.98 Å². The fraction of sp³-hybridized carbons (Fsp3) is 0. The van der Waals surface area contributed by atoms with Crippen molar-refractivity contribution in [1.82, 2.24) is 9.38 Å². The lowest BCUT2D eigenvalue weighted by Gasteiger charge is -2.02. The molecule has 2 aromatic heterocycles. The van der Waals surface area contributed by atoms with Crippen LogP contribution in [0.25, 0.3) is 27.3 Å². The number of nitrogens with zero attached hydrogens (tertiary/aromatic N) is 2. The monoisotopic (exact) mass is 356 g/mol. The molecular weight excluding hydrogens is 344 g/mol. The van der Waals surface area contributed by atoms with Crippen LogP contribution in [0.1, 0.15) is 0 Å². The highest BCUT2D eigenvalue weighted by Crippen LogP contribution is 2.25. The van der Waals surface area contributed by atoms with Crippen molar-refractivity contribution in [2.75, 3.05) is 0 Å². The van der Waals surface area contributed by atoms with Crippen LogP contribution in [0.2, 0.25) is 0 Å². The molecule has 0 spiro atoms. The van der Waals surface area contributed by atoms with Gasteiger partial charge in [0.15, 0.2) is 4.96 Å². The van der Waals surface area contributed by atoms with Gasteiger partial charge in [0, 0.05) is 23.3 Å². The molecule has 2 nitrogen and oxygen atoms in total. The maximum absolute atomic E-state index is 4.63. The molecule has 0 N–H and O–H groups in total. The molecule has 0 aliphatic carbocycles. The molecule has 0 aliphatic rings. The Hall–Kier alpha value is -1.91. The Bertz CT molecular complexity index is 819. The molecule has 104 valence electrons. The molecule has 0 saturated heterocycles. The van der Waals surface area contributed by atoms with E-state index in [0.717, 1.165) is 16.2 Å². The molecule has 0 bridgehead atoms. The molecule has 4 rings (SSSR count). The van der Waals surface area contributed by atoms with Crippen molar-refractivity contribution in [2.24, 2.45) is 0 Å². The molecule has 0 unspecified atom stereocenters. The zero-order valence-electron chi connectivity index (χ0n) is 11.1. The first-order valence-corrected chi connectivity index (χ1v) is 7.36. The number of hydrogen-bond acceptors (Lipinski definition) is 2. The third-order valence-corrected chi connectivity index (χ3v) is 4.15. The van der Waals surface area contributed by atoms with Crippen LogP contribution >= 0.6 is 28.3 Å². The highest BCUT2D eigenvalue weighted by Gasteiger charge is 2.05. The molecular formula is C17H13BrN2S. The van der Waals surface area contributed by atoms with Gasteiger partial charge in [-0.1, -0.05) is 54.6 Å². The number of halogens is 1.